The molecule has 4 heteroatoms. The molecule has 62 valence electrons. The third-order valence-electron chi connectivity index (χ3n) is 1.48. The largest absolute Gasteiger partial charge is 0.340 e. The summed E-state index contributed by atoms with van der Waals surface area (Å²) in [6.07, 6.45) is 0. The van der Waals surface area contributed by atoms with Crippen molar-refractivity contribution in [3.8, 4) is 0 Å². The van der Waals surface area contributed by atoms with Crippen LogP contribution in [-0.4, -0.2) is 7.11 Å². The van der Waals surface area contributed by atoms with Gasteiger partial charge in [0, 0.05) is 0 Å². The summed E-state index contributed by atoms with van der Waals surface area (Å²) in [5.74, 6) is 0. The van der Waals surface area contributed by atoms with E-state index in [1.54, 1.807) is 6.07 Å². The van der Waals surface area contributed by atoms with Crippen LogP contribution in [0.15, 0.2) is 24.3 Å². The van der Waals surface area contributed by atoms with Crippen molar-refractivity contribution < 1.29 is 4.84 Å². The summed E-state index contributed by atoms with van der Waals surface area (Å²) in [5, 5.41) is 12.5. The van der Waals surface area contributed by atoms with Crippen molar-refractivity contribution in [1.29, 1.82) is 5.39 Å². The fraction of sp³-hybridized carbons (Fsp3) is 0.250. The van der Waals surface area contributed by atoms with Gasteiger partial charge in [0.05, 0.1) is 7.11 Å². The molecule has 12 heavy (non-hydrogen) atoms. The maximum Gasteiger partial charge on any atom is 0.340 e. The number of hydrogen-bond acceptors (Lipinski definition) is 3. The molecule has 0 amide bonds. The normalized spacial score (nSPS) is 9.08. The van der Waals surface area contributed by atoms with E-state index >= 15 is 0 Å². The Bertz CT molecular complexity index is 305. The van der Waals surface area contributed by atoms with Crippen LogP contribution in [0.5, 0.6) is 0 Å². The first-order valence-corrected chi connectivity index (χ1v) is 3.54. The quantitative estimate of drug-likeness (QED) is 0.496. The van der Waals surface area contributed by atoms with Gasteiger partial charge >= 0.3 is 5.08 Å². The number of nitrogens with zero attached hydrogens (tertiary/aromatic N) is 3. The number of hydrogen-bond donors (Lipinski definition) is 0. The van der Waals surface area contributed by atoms with E-state index in [9.17, 15) is 0 Å². The van der Waals surface area contributed by atoms with E-state index in [2.05, 4.69) is 5.08 Å². The number of diazo groups is 1. The molecule has 0 fully saturated rings. The molecule has 0 aliphatic rings. The maximum absolute atomic E-state index is 8.50. The zero-order chi connectivity index (χ0) is 8.97. The zero-order valence-corrected chi connectivity index (χ0v) is 7.06. The lowest BCUT2D eigenvalue weighted by molar-refractivity contribution is 0.193. The minimum absolute atomic E-state index is 0.694. The van der Waals surface area contributed by atoms with Gasteiger partial charge in [0.25, 0.3) is 5.39 Å². The molecule has 0 atom stereocenters. The monoisotopic (exact) mass is 164 g/mol. The van der Waals surface area contributed by atoms with E-state index in [1.165, 1.54) is 7.11 Å². The summed E-state index contributed by atoms with van der Waals surface area (Å²) in [4.78, 5) is 4.76. The van der Waals surface area contributed by atoms with Crippen molar-refractivity contribution in [3.05, 3.63) is 34.9 Å². The molecule has 0 radical (unpaired) electrons. The lowest BCUT2D eigenvalue weighted by atomic mass is 10.2. The standard InChI is InChI=1S/C8H10N3O/c1-7-4-3-5-8(6-7)11(10-9)12-2/h3-6H,1-2H3/q+1. The molecule has 0 saturated heterocycles. The maximum atomic E-state index is 8.50. The molecule has 0 N–H and O–H groups in total. The lowest BCUT2D eigenvalue weighted by Gasteiger charge is -1.99. The van der Waals surface area contributed by atoms with E-state index < -0.39 is 0 Å². The van der Waals surface area contributed by atoms with Gasteiger partial charge in [-0.1, -0.05) is 12.1 Å². The Morgan fingerprint density at radius 2 is 2.25 bits per heavy atom. The van der Waals surface area contributed by atoms with E-state index in [1.807, 2.05) is 25.1 Å². The molecular weight excluding hydrogens is 154 g/mol. The summed E-state index contributed by atoms with van der Waals surface area (Å²) >= 11 is 0. The van der Waals surface area contributed by atoms with Gasteiger partial charge in [0.2, 0.25) is 0 Å². The van der Waals surface area contributed by atoms with E-state index in [0.717, 1.165) is 10.7 Å². The summed E-state index contributed by atoms with van der Waals surface area (Å²) in [6.45, 7) is 1.95. The highest BCUT2D eigenvalue weighted by molar-refractivity contribution is 5.46. The lowest BCUT2D eigenvalue weighted by Crippen LogP contribution is -2.10. The number of rotatable bonds is 2. The highest BCUT2D eigenvalue weighted by Crippen LogP contribution is 2.15. The van der Waals surface area contributed by atoms with Crippen LogP contribution in [0, 0.1) is 12.3 Å². The third-order valence-corrected chi connectivity index (χ3v) is 1.48. The molecular formula is C8H10N3O+. The van der Waals surface area contributed by atoms with Crippen molar-refractivity contribution in [2.45, 2.75) is 6.92 Å². The van der Waals surface area contributed by atoms with Crippen molar-refractivity contribution in [2.24, 2.45) is 0 Å². The zero-order valence-electron chi connectivity index (χ0n) is 7.06. The van der Waals surface area contributed by atoms with Gasteiger partial charge in [-0.25, -0.2) is 4.84 Å². The summed E-state index contributed by atoms with van der Waals surface area (Å²) in [7, 11) is 1.43. The predicted molar refractivity (Wildman–Crippen MR) is 45.8 cm³/mol. The molecule has 0 aromatic heterocycles. The van der Waals surface area contributed by atoms with Gasteiger partial charge in [-0.2, -0.15) is 0 Å². The second kappa shape index (κ2) is 3.69. The van der Waals surface area contributed by atoms with Crippen LogP contribution in [-0.2, 0) is 4.84 Å². The molecule has 0 saturated carbocycles. The average Bonchev–Trinajstić information content (AvgIpc) is 2.07. The van der Waals surface area contributed by atoms with Gasteiger partial charge in [-0.15, -0.1) is 0 Å². The van der Waals surface area contributed by atoms with Crippen LogP contribution in [0.4, 0.5) is 5.69 Å². The molecule has 0 aliphatic carbocycles. The van der Waals surface area contributed by atoms with E-state index in [4.69, 9.17) is 10.2 Å². The van der Waals surface area contributed by atoms with Crippen LogP contribution in [0.1, 0.15) is 5.56 Å². The number of aryl methyl sites for hydroxylation is 1. The van der Waals surface area contributed by atoms with Crippen molar-refractivity contribution >= 4 is 5.69 Å². The first-order chi connectivity index (χ1) is 5.77. The molecule has 0 unspecified atom stereocenters. The van der Waals surface area contributed by atoms with Crippen LogP contribution in [0.25, 0.3) is 5.08 Å². The summed E-state index contributed by atoms with van der Waals surface area (Å²) in [5.41, 5.74) is 1.78. The Morgan fingerprint density at radius 1 is 1.50 bits per heavy atom. The van der Waals surface area contributed by atoms with Gasteiger partial charge in [-0.3, -0.25) is 0 Å². The second-order valence-corrected chi connectivity index (χ2v) is 2.38. The van der Waals surface area contributed by atoms with Crippen LogP contribution >= 0.6 is 0 Å². The first kappa shape index (κ1) is 8.50. The van der Waals surface area contributed by atoms with Crippen LogP contribution in [0.2, 0.25) is 0 Å². The molecule has 0 heterocycles. The van der Waals surface area contributed by atoms with Gasteiger partial charge in [0.1, 0.15) is 5.17 Å². The molecule has 1 rings (SSSR count). The Hall–Kier alpha value is -1.60. The Balaban J connectivity index is 2.95. The Morgan fingerprint density at radius 3 is 2.75 bits per heavy atom. The fourth-order valence-corrected chi connectivity index (χ4v) is 0.941. The van der Waals surface area contributed by atoms with Crippen molar-refractivity contribution in [2.75, 3.05) is 12.3 Å². The summed E-state index contributed by atoms with van der Waals surface area (Å²) in [6, 6.07) is 7.45. The molecule has 0 spiro atoms. The molecule has 1 aromatic rings. The third kappa shape index (κ3) is 1.71. The molecule has 0 aliphatic heterocycles. The van der Waals surface area contributed by atoms with Crippen molar-refractivity contribution in [3.63, 3.8) is 0 Å². The predicted octanol–water partition coefficient (Wildman–Crippen LogP) is 2.13. The molecule has 1 aromatic carbocycles. The Kier molecular flexibility index (Phi) is 2.62. The molecule has 4 nitrogen and oxygen atoms in total. The number of anilines is 1. The SMILES string of the molecule is CON([N+]#N)c1cccc(C)c1. The smallest absolute Gasteiger partial charge is 0.208 e. The summed E-state index contributed by atoms with van der Waals surface area (Å²) < 4.78 is 0. The topological polar surface area (TPSA) is 40.6 Å². The highest BCUT2D eigenvalue weighted by Gasteiger charge is 2.14. The van der Waals surface area contributed by atoms with E-state index in [0.29, 0.717) is 5.69 Å². The average molecular weight is 164 g/mol. The van der Waals surface area contributed by atoms with E-state index in [-0.39, 0.29) is 0 Å². The Labute approximate surface area is 70.9 Å². The highest BCUT2D eigenvalue weighted by atomic mass is 16.7. The minimum Gasteiger partial charge on any atom is -0.208 e. The van der Waals surface area contributed by atoms with Crippen LogP contribution < -0.4 is 5.17 Å². The number of benzene rings is 1. The van der Waals surface area contributed by atoms with Gasteiger partial charge in [0.15, 0.2) is 5.69 Å². The van der Waals surface area contributed by atoms with Gasteiger partial charge < -0.3 is 0 Å². The fourth-order valence-electron chi connectivity index (χ4n) is 0.941. The second-order valence-electron chi connectivity index (χ2n) is 2.38. The van der Waals surface area contributed by atoms with Crippen LogP contribution in [0.3, 0.4) is 0 Å². The van der Waals surface area contributed by atoms with Gasteiger partial charge in [-0.05, 0) is 24.6 Å². The first-order valence-electron chi connectivity index (χ1n) is 3.54. The van der Waals surface area contributed by atoms with Crippen molar-refractivity contribution in [1.82, 2.24) is 0 Å². The molecule has 0 bridgehead atoms. The minimum atomic E-state index is 0.694.